The second-order valence-corrected chi connectivity index (χ2v) is 2.11. The van der Waals surface area contributed by atoms with E-state index in [-0.39, 0.29) is 6.29 Å². The van der Waals surface area contributed by atoms with Crippen molar-refractivity contribution >= 4 is 0 Å². The van der Waals surface area contributed by atoms with Crippen molar-refractivity contribution < 1.29 is 9.47 Å². The van der Waals surface area contributed by atoms with E-state index in [1.807, 2.05) is 19.1 Å². The average Bonchev–Trinajstić information content (AvgIpc) is 2.27. The maximum atomic E-state index is 5.22. The van der Waals surface area contributed by atoms with Gasteiger partial charge in [0.2, 0.25) is 6.29 Å². The molecule has 1 aromatic heterocycles. The van der Waals surface area contributed by atoms with E-state index in [9.17, 15) is 0 Å². The van der Waals surface area contributed by atoms with E-state index >= 15 is 0 Å². The molecule has 1 aliphatic rings. The summed E-state index contributed by atoms with van der Waals surface area (Å²) in [6, 6.07) is 3.66. The van der Waals surface area contributed by atoms with Crippen molar-refractivity contribution in [3.63, 3.8) is 0 Å². The zero-order valence-corrected chi connectivity index (χ0v) is 5.57. The Morgan fingerprint density at radius 3 is 3.20 bits per heavy atom. The predicted octanol–water partition coefficient (Wildman–Crippen LogP) is 1.20. The van der Waals surface area contributed by atoms with E-state index in [2.05, 4.69) is 4.98 Å². The van der Waals surface area contributed by atoms with Gasteiger partial charge in [-0.3, -0.25) is 0 Å². The molecule has 2 heterocycles. The minimum absolute atomic E-state index is 0.190. The van der Waals surface area contributed by atoms with Crippen LogP contribution in [-0.2, 0) is 0 Å². The standard InChI is InChI=1S/C7H7NO2/c1-5-9-6-3-2-4-8-7(6)10-5/h2-5H,1H3. The van der Waals surface area contributed by atoms with Crippen LogP contribution in [-0.4, -0.2) is 11.3 Å². The molecule has 0 bridgehead atoms. The Kier molecular flexibility index (Phi) is 1.03. The summed E-state index contributed by atoms with van der Waals surface area (Å²) in [4.78, 5) is 3.96. The molecule has 0 radical (unpaired) electrons. The molecule has 52 valence electrons. The van der Waals surface area contributed by atoms with Crippen LogP contribution in [0.15, 0.2) is 18.3 Å². The van der Waals surface area contributed by atoms with E-state index in [1.54, 1.807) is 6.20 Å². The molecule has 0 spiro atoms. The molecule has 0 aromatic carbocycles. The van der Waals surface area contributed by atoms with Crippen molar-refractivity contribution in [1.29, 1.82) is 0 Å². The third-order valence-corrected chi connectivity index (χ3v) is 1.31. The van der Waals surface area contributed by atoms with Crippen LogP contribution in [0.4, 0.5) is 0 Å². The Labute approximate surface area is 58.6 Å². The van der Waals surface area contributed by atoms with Crippen LogP contribution in [0.3, 0.4) is 0 Å². The number of rotatable bonds is 0. The summed E-state index contributed by atoms with van der Waals surface area (Å²) >= 11 is 0. The number of aromatic nitrogens is 1. The number of hydrogen-bond donors (Lipinski definition) is 0. The zero-order chi connectivity index (χ0) is 6.97. The van der Waals surface area contributed by atoms with Crippen molar-refractivity contribution in [1.82, 2.24) is 4.98 Å². The number of pyridine rings is 1. The fraction of sp³-hybridized carbons (Fsp3) is 0.286. The van der Waals surface area contributed by atoms with Crippen LogP contribution in [0.1, 0.15) is 6.92 Å². The average molecular weight is 137 g/mol. The molecule has 0 N–H and O–H groups in total. The van der Waals surface area contributed by atoms with E-state index in [1.165, 1.54) is 0 Å². The summed E-state index contributed by atoms with van der Waals surface area (Å²) in [6.07, 6.45) is 1.49. The minimum Gasteiger partial charge on any atom is -0.449 e. The quantitative estimate of drug-likeness (QED) is 0.538. The number of fused-ring (bicyclic) bond motifs is 1. The maximum absolute atomic E-state index is 5.22. The first-order chi connectivity index (χ1) is 4.86. The van der Waals surface area contributed by atoms with Crippen LogP contribution in [0, 0.1) is 0 Å². The van der Waals surface area contributed by atoms with Gasteiger partial charge in [0, 0.05) is 13.1 Å². The maximum Gasteiger partial charge on any atom is 0.260 e. The molecule has 1 atom stereocenters. The lowest BCUT2D eigenvalue weighted by Crippen LogP contribution is -2.11. The normalized spacial score (nSPS) is 21.1. The molecule has 1 aromatic rings. The van der Waals surface area contributed by atoms with Gasteiger partial charge in [0.1, 0.15) is 0 Å². The monoisotopic (exact) mass is 137 g/mol. The van der Waals surface area contributed by atoms with Crippen LogP contribution in [0.25, 0.3) is 0 Å². The summed E-state index contributed by atoms with van der Waals surface area (Å²) in [6.45, 7) is 1.84. The molecular weight excluding hydrogens is 130 g/mol. The van der Waals surface area contributed by atoms with Crippen molar-refractivity contribution in [2.45, 2.75) is 13.2 Å². The number of hydrogen-bond acceptors (Lipinski definition) is 3. The van der Waals surface area contributed by atoms with E-state index < -0.39 is 0 Å². The van der Waals surface area contributed by atoms with Gasteiger partial charge in [-0.1, -0.05) is 0 Å². The largest absolute Gasteiger partial charge is 0.449 e. The molecule has 0 amide bonds. The molecule has 0 aliphatic carbocycles. The molecule has 1 aliphatic heterocycles. The van der Waals surface area contributed by atoms with Crippen molar-refractivity contribution in [3.05, 3.63) is 18.3 Å². The molecule has 2 rings (SSSR count). The van der Waals surface area contributed by atoms with Gasteiger partial charge in [0.05, 0.1) is 0 Å². The first kappa shape index (κ1) is 5.53. The zero-order valence-electron chi connectivity index (χ0n) is 5.57. The molecule has 0 fully saturated rings. The van der Waals surface area contributed by atoms with Gasteiger partial charge in [0.25, 0.3) is 5.88 Å². The van der Waals surface area contributed by atoms with Crippen molar-refractivity contribution in [3.8, 4) is 11.6 Å². The van der Waals surface area contributed by atoms with Crippen molar-refractivity contribution in [2.24, 2.45) is 0 Å². The highest BCUT2D eigenvalue weighted by Crippen LogP contribution is 2.30. The van der Waals surface area contributed by atoms with Gasteiger partial charge in [0.15, 0.2) is 5.75 Å². The van der Waals surface area contributed by atoms with Gasteiger partial charge in [-0.25, -0.2) is 4.98 Å². The topological polar surface area (TPSA) is 31.4 Å². The Balaban J connectivity index is 2.42. The molecule has 0 saturated heterocycles. The first-order valence-corrected chi connectivity index (χ1v) is 3.14. The van der Waals surface area contributed by atoms with Crippen LogP contribution in [0.5, 0.6) is 11.6 Å². The lowest BCUT2D eigenvalue weighted by Gasteiger charge is -1.98. The fourth-order valence-electron chi connectivity index (χ4n) is 0.914. The Bertz CT molecular complexity index is 224. The second-order valence-electron chi connectivity index (χ2n) is 2.11. The third kappa shape index (κ3) is 0.708. The lowest BCUT2D eigenvalue weighted by molar-refractivity contribution is 0.0656. The van der Waals surface area contributed by atoms with E-state index in [0.717, 1.165) is 5.75 Å². The van der Waals surface area contributed by atoms with Gasteiger partial charge < -0.3 is 9.47 Å². The van der Waals surface area contributed by atoms with Gasteiger partial charge in [-0.05, 0) is 12.1 Å². The molecule has 3 heteroatoms. The van der Waals surface area contributed by atoms with Gasteiger partial charge >= 0.3 is 0 Å². The SMILES string of the molecule is CC1Oc2cccnc2O1. The molecule has 10 heavy (non-hydrogen) atoms. The smallest absolute Gasteiger partial charge is 0.260 e. The molecule has 1 unspecified atom stereocenters. The number of nitrogens with zero attached hydrogens (tertiary/aromatic N) is 1. The van der Waals surface area contributed by atoms with Gasteiger partial charge in [-0.2, -0.15) is 0 Å². The highest BCUT2D eigenvalue weighted by atomic mass is 16.7. The van der Waals surface area contributed by atoms with Crippen LogP contribution in [0.2, 0.25) is 0 Å². The third-order valence-electron chi connectivity index (χ3n) is 1.31. The van der Waals surface area contributed by atoms with E-state index in [0.29, 0.717) is 5.88 Å². The predicted molar refractivity (Wildman–Crippen MR) is 35.0 cm³/mol. The molecule has 3 nitrogen and oxygen atoms in total. The Morgan fingerprint density at radius 2 is 2.40 bits per heavy atom. The lowest BCUT2D eigenvalue weighted by atomic mass is 10.4. The molecule has 0 saturated carbocycles. The summed E-state index contributed by atoms with van der Waals surface area (Å²) < 4.78 is 10.4. The molecular formula is C7H7NO2. The highest BCUT2D eigenvalue weighted by Gasteiger charge is 2.19. The van der Waals surface area contributed by atoms with Gasteiger partial charge in [-0.15, -0.1) is 0 Å². The summed E-state index contributed by atoms with van der Waals surface area (Å²) in [5.74, 6) is 1.32. The summed E-state index contributed by atoms with van der Waals surface area (Å²) in [5, 5.41) is 0. The summed E-state index contributed by atoms with van der Waals surface area (Å²) in [7, 11) is 0. The minimum atomic E-state index is -0.190. The van der Waals surface area contributed by atoms with E-state index in [4.69, 9.17) is 9.47 Å². The second kappa shape index (κ2) is 1.87. The first-order valence-electron chi connectivity index (χ1n) is 3.14. The summed E-state index contributed by atoms with van der Waals surface area (Å²) in [5.41, 5.74) is 0. The van der Waals surface area contributed by atoms with Crippen molar-refractivity contribution in [2.75, 3.05) is 0 Å². The Morgan fingerprint density at radius 1 is 1.50 bits per heavy atom. The van der Waals surface area contributed by atoms with Crippen LogP contribution < -0.4 is 9.47 Å². The number of ether oxygens (including phenoxy) is 2. The fourth-order valence-corrected chi connectivity index (χ4v) is 0.914. The van der Waals surface area contributed by atoms with Crippen LogP contribution >= 0.6 is 0 Å². The Hall–Kier alpha value is -1.25. The highest BCUT2D eigenvalue weighted by molar-refractivity contribution is 5.34.